The highest BCUT2D eigenvalue weighted by atomic mass is 16.5. The maximum atomic E-state index is 12.1. The number of hydrogen-bond donors (Lipinski definition) is 2. The molecular formula is C16H24N2O2. The molecule has 0 amide bonds. The second kappa shape index (κ2) is 7.41. The molecule has 20 heavy (non-hydrogen) atoms. The number of anilines is 1. The Labute approximate surface area is 120 Å². The minimum absolute atomic E-state index is 0.157. The predicted molar refractivity (Wildman–Crippen MR) is 81.5 cm³/mol. The van der Waals surface area contributed by atoms with Gasteiger partial charge in [0.05, 0.1) is 12.6 Å². The molecule has 4 nitrogen and oxygen atoms in total. The van der Waals surface area contributed by atoms with Gasteiger partial charge >= 0.3 is 0 Å². The van der Waals surface area contributed by atoms with E-state index >= 15 is 0 Å². The summed E-state index contributed by atoms with van der Waals surface area (Å²) in [5, 5.41) is 6.48. The van der Waals surface area contributed by atoms with Crippen LogP contribution in [0.25, 0.3) is 0 Å². The van der Waals surface area contributed by atoms with Gasteiger partial charge in [-0.25, -0.2) is 0 Å². The number of fused-ring (bicyclic) bond motifs is 1. The van der Waals surface area contributed by atoms with Crippen molar-refractivity contribution in [3.8, 4) is 0 Å². The molecule has 2 N–H and O–H groups in total. The van der Waals surface area contributed by atoms with Crippen molar-refractivity contribution in [3.63, 3.8) is 0 Å². The summed E-state index contributed by atoms with van der Waals surface area (Å²) in [6.45, 7) is 6.97. The lowest BCUT2D eigenvalue weighted by Gasteiger charge is -2.08. The zero-order chi connectivity index (χ0) is 14.4. The number of nitrogens with one attached hydrogen (secondary N) is 2. The molecule has 0 saturated carbocycles. The second-order valence-electron chi connectivity index (χ2n) is 5.42. The Balaban J connectivity index is 1.70. The van der Waals surface area contributed by atoms with E-state index in [-0.39, 0.29) is 11.9 Å². The lowest BCUT2D eigenvalue weighted by atomic mass is 10.1. The highest BCUT2D eigenvalue weighted by Gasteiger charge is 2.13. The fraction of sp³-hybridized carbons (Fsp3) is 0.562. The SMILES string of the molecule is CC(C)OCCCNCC(=O)c1ccc2c(c1)CCN2. The molecule has 0 radical (unpaired) electrons. The molecule has 0 bridgehead atoms. The van der Waals surface area contributed by atoms with Crippen molar-refractivity contribution in [1.82, 2.24) is 5.32 Å². The van der Waals surface area contributed by atoms with Crippen LogP contribution in [-0.4, -0.2) is 38.1 Å². The van der Waals surface area contributed by atoms with Gasteiger partial charge in [-0.15, -0.1) is 0 Å². The summed E-state index contributed by atoms with van der Waals surface area (Å²) in [6.07, 6.45) is 2.22. The van der Waals surface area contributed by atoms with Gasteiger partial charge in [-0.2, -0.15) is 0 Å². The van der Waals surface area contributed by atoms with E-state index in [9.17, 15) is 4.79 Å². The Hall–Kier alpha value is -1.39. The van der Waals surface area contributed by atoms with Gasteiger partial charge in [-0.3, -0.25) is 4.79 Å². The number of Topliss-reactive ketones (excluding diaryl/α,β-unsaturated/α-hetero) is 1. The molecular weight excluding hydrogens is 252 g/mol. The first-order chi connectivity index (χ1) is 9.66. The van der Waals surface area contributed by atoms with Gasteiger partial charge in [-0.05, 0) is 57.0 Å². The summed E-state index contributed by atoms with van der Waals surface area (Å²) in [6, 6.07) is 5.93. The quantitative estimate of drug-likeness (QED) is 0.565. The van der Waals surface area contributed by atoms with Crippen LogP contribution >= 0.6 is 0 Å². The van der Waals surface area contributed by atoms with Crippen LogP contribution < -0.4 is 10.6 Å². The molecule has 0 spiro atoms. The molecule has 0 aliphatic carbocycles. The molecule has 4 heteroatoms. The summed E-state index contributed by atoms with van der Waals surface area (Å²) in [5.41, 5.74) is 3.22. The van der Waals surface area contributed by atoms with Gasteiger partial charge in [0.25, 0.3) is 0 Å². The summed E-state index contributed by atoms with van der Waals surface area (Å²) >= 11 is 0. The summed E-state index contributed by atoms with van der Waals surface area (Å²) in [4.78, 5) is 12.1. The highest BCUT2D eigenvalue weighted by molar-refractivity contribution is 5.98. The molecule has 1 heterocycles. The Morgan fingerprint density at radius 3 is 3.10 bits per heavy atom. The Morgan fingerprint density at radius 2 is 2.30 bits per heavy atom. The number of benzene rings is 1. The molecule has 2 rings (SSSR count). The lowest BCUT2D eigenvalue weighted by molar-refractivity contribution is 0.0767. The highest BCUT2D eigenvalue weighted by Crippen LogP contribution is 2.22. The molecule has 1 aromatic rings. The van der Waals surface area contributed by atoms with Gasteiger partial charge in [0, 0.05) is 24.4 Å². The summed E-state index contributed by atoms with van der Waals surface area (Å²) in [7, 11) is 0. The van der Waals surface area contributed by atoms with E-state index in [1.807, 2.05) is 32.0 Å². The molecule has 1 aromatic carbocycles. The topological polar surface area (TPSA) is 50.4 Å². The first-order valence-corrected chi connectivity index (χ1v) is 7.39. The van der Waals surface area contributed by atoms with Gasteiger partial charge in [0.15, 0.2) is 5.78 Å². The van der Waals surface area contributed by atoms with Crippen LogP contribution in [0.15, 0.2) is 18.2 Å². The minimum atomic E-state index is 0.157. The number of rotatable bonds is 8. The van der Waals surface area contributed by atoms with Crippen molar-refractivity contribution in [2.24, 2.45) is 0 Å². The van der Waals surface area contributed by atoms with Gasteiger partial charge in [0.1, 0.15) is 0 Å². The summed E-state index contributed by atoms with van der Waals surface area (Å²) < 4.78 is 5.45. The summed E-state index contributed by atoms with van der Waals surface area (Å²) in [5.74, 6) is 0.157. The fourth-order valence-electron chi connectivity index (χ4n) is 2.30. The zero-order valence-electron chi connectivity index (χ0n) is 12.4. The Kier molecular flexibility index (Phi) is 5.56. The van der Waals surface area contributed by atoms with Crippen molar-refractivity contribution in [1.29, 1.82) is 0 Å². The van der Waals surface area contributed by atoms with Crippen LogP contribution in [0.3, 0.4) is 0 Å². The average Bonchev–Trinajstić information content (AvgIpc) is 2.89. The van der Waals surface area contributed by atoms with Gasteiger partial charge in [-0.1, -0.05) is 0 Å². The third kappa shape index (κ3) is 4.32. The maximum absolute atomic E-state index is 12.1. The zero-order valence-corrected chi connectivity index (χ0v) is 12.4. The van der Waals surface area contributed by atoms with Crippen molar-refractivity contribution in [2.75, 3.05) is 31.6 Å². The van der Waals surface area contributed by atoms with Crippen molar-refractivity contribution in [2.45, 2.75) is 32.8 Å². The second-order valence-corrected chi connectivity index (χ2v) is 5.42. The smallest absolute Gasteiger partial charge is 0.176 e. The normalized spacial score (nSPS) is 13.3. The molecule has 0 aromatic heterocycles. The van der Waals surface area contributed by atoms with E-state index in [0.29, 0.717) is 6.54 Å². The third-order valence-electron chi connectivity index (χ3n) is 3.37. The molecule has 0 atom stereocenters. The third-order valence-corrected chi connectivity index (χ3v) is 3.37. The van der Waals surface area contributed by atoms with Crippen molar-refractivity contribution >= 4 is 11.5 Å². The van der Waals surface area contributed by atoms with E-state index in [1.54, 1.807) is 0 Å². The Morgan fingerprint density at radius 1 is 1.45 bits per heavy atom. The fourth-order valence-corrected chi connectivity index (χ4v) is 2.30. The number of ketones is 1. The van der Waals surface area contributed by atoms with Crippen LogP contribution in [0, 0.1) is 0 Å². The number of carbonyl (C=O) groups is 1. The lowest BCUT2D eigenvalue weighted by Crippen LogP contribution is -2.25. The minimum Gasteiger partial charge on any atom is -0.384 e. The molecule has 110 valence electrons. The first-order valence-electron chi connectivity index (χ1n) is 7.39. The molecule has 0 unspecified atom stereocenters. The van der Waals surface area contributed by atoms with E-state index in [1.165, 1.54) is 11.3 Å². The van der Waals surface area contributed by atoms with E-state index in [0.717, 1.165) is 38.1 Å². The van der Waals surface area contributed by atoms with Crippen LogP contribution in [-0.2, 0) is 11.2 Å². The number of carbonyl (C=O) groups excluding carboxylic acids is 1. The molecule has 1 aliphatic heterocycles. The van der Waals surface area contributed by atoms with E-state index in [2.05, 4.69) is 10.6 Å². The number of hydrogen-bond acceptors (Lipinski definition) is 4. The van der Waals surface area contributed by atoms with Crippen molar-refractivity contribution in [3.05, 3.63) is 29.3 Å². The largest absolute Gasteiger partial charge is 0.384 e. The average molecular weight is 276 g/mol. The van der Waals surface area contributed by atoms with Crippen LogP contribution in [0.4, 0.5) is 5.69 Å². The van der Waals surface area contributed by atoms with Crippen molar-refractivity contribution < 1.29 is 9.53 Å². The maximum Gasteiger partial charge on any atom is 0.176 e. The predicted octanol–water partition coefficient (Wildman–Crippen LogP) is 2.24. The molecule has 1 aliphatic rings. The van der Waals surface area contributed by atoms with E-state index < -0.39 is 0 Å². The monoisotopic (exact) mass is 276 g/mol. The number of ether oxygens (including phenoxy) is 1. The van der Waals surface area contributed by atoms with Crippen LogP contribution in [0.5, 0.6) is 0 Å². The van der Waals surface area contributed by atoms with Crippen LogP contribution in [0.1, 0.15) is 36.2 Å². The molecule has 0 fully saturated rings. The van der Waals surface area contributed by atoms with Gasteiger partial charge in [0.2, 0.25) is 0 Å². The standard InChI is InChI=1S/C16H24N2O2/c1-12(2)20-9-3-7-17-11-16(19)14-4-5-15-13(10-14)6-8-18-15/h4-5,10,12,17-18H,3,6-9,11H2,1-2H3. The Bertz CT molecular complexity index is 458. The first kappa shape index (κ1) is 15.0. The van der Waals surface area contributed by atoms with Gasteiger partial charge < -0.3 is 15.4 Å². The van der Waals surface area contributed by atoms with E-state index in [4.69, 9.17) is 4.74 Å². The molecule has 0 saturated heterocycles. The van der Waals surface area contributed by atoms with Crippen LogP contribution in [0.2, 0.25) is 0 Å².